The molecule has 0 bridgehead atoms. The second kappa shape index (κ2) is 3.06. The molecule has 1 atom stereocenters. The Bertz CT molecular complexity index is 355. The van der Waals surface area contributed by atoms with Gasteiger partial charge in [-0.1, -0.05) is 6.07 Å². The maximum absolute atomic E-state index is 6.05. The molecule has 2 heteroatoms. The quantitative estimate of drug-likeness (QED) is 0.734. The molecule has 2 aliphatic rings. The van der Waals surface area contributed by atoms with E-state index in [1.54, 1.807) is 0 Å². The van der Waals surface area contributed by atoms with E-state index in [0.717, 1.165) is 18.8 Å². The van der Waals surface area contributed by atoms with Gasteiger partial charge >= 0.3 is 0 Å². The molecule has 1 aromatic rings. The smallest absolute Gasteiger partial charge is 0.0454 e. The van der Waals surface area contributed by atoms with Crippen molar-refractivity contribution < 1.29 is 0 Å². The molecule has 2 aliphatic carbocycles. The summed E-state index contributed by atoms with van der Waals surface area (Å²) in [6, 6.07) is 4.63. The van der Waals surface area contributed by atoms with Gasteiger partial charge in [0.25, 0.3) is 0 Å². The van der Waals surface area contributed by atoms with Crippen molar-refractivity contribution in [1.82, 2.24) is 4.98 Å². The second-order valence-electron chi connectivity index (χ2n) is 4.55. The summed E-state index contributed by atoms with van der Waals surface area (Å²) in [5, 5.41) is 0. The zero-order valence-corrected chi connectivity index (χ0v) is 8.37. The van der Waals surface area contributed by atoms with Crippen LogP contribution < -0.4 is 5.73 Å². The Balaban J connectivity index is 2.00. The molecule has 1 aromatic heterocycles. The summed E-state index contributed by atoms with van der Waals surface area (Å²) in [4.78, 5) is 4.75. The van der Waals surface area contributed by atoms with E-state index in [4.69, 9.17) is 10.7 Å². The molecule has 0 spiro atoms. The Hall–Kier alpha value is -0.890. The third-order valence-electron chi connectivity index (χ3n) is 3.35. The molecule has 1 heterocycles. The number of nitrogens with zero attached hydrogens (tertiary/aromatic N) is 1. The molecule has 2 N–H and O–H groups in total. The van der Waals surface area contributed by atoms with E-state index in [9.17, 15) is 0 Å². The molecule has 1 unspecified atom stereocenters. The first-order valence-corrected chi connectivity index (χ1v) is 5.60. The molecular weight excluding hydrogens is 172 g/mol. The molecule has 0 saturated heterocycles. The van der Waals surface area contributed by atoms with Gasteiger partial charge in [0, 0.05) is 23.3 Å². The van der Waals surface area contributed by atoms with Crippen LogP contribution in [0.4, 0.5) is 0 Å². The van der Waals surface area contributed by atoms with Crippen molar-refractivity contribution in [1.29, 1.82) is 0 Å². The monoisotopic (exact) mass is 188 g/mol. The highest BCUT2D eigenvalue weighted by Gasteiger charge is 2.26. The molecule has 14 heavy (non-hydrogen) atoms. The fraction of sp³-hybridized carbons (Fsp3) is 0.583. The van der Waals surface area contributed by atoms with Crippen molar-refractivity contribution in [3.63, 3.8) is 0 Å². The van der Waals surface area contributed by atoms with Gasteiger partial charge in [-0.25, -0.2) is 0 Å². The molecule has 0 aliphatic heterocycles. The number of hydrogen-bond donors (Lipinski definition) is 1. The average molecular weight is 188 g/mol. The summed E-state index contributed by atoms with van der Waals surface area (Å²) >= 11 is 0. The third-order valence-corrected chi connectivity index (χ3v) is 3.35. The topological polar surface area (TPSA) is 38.9 Å². The highest BCUT2D eigenvalue weighted by Crippen LogP contribution is 2.40. The standard InChI is InChI=1S/C12H16N2/c13-10-2-1-3-12-9(10)6-7-11(14-12)8-4-5-8/h6-8,10H,1-5,13H2. The van der Waals surface area contributed by atoms with E-state index in [-0.39, 0.29) is 6.04 Å². The lowest BCUT2D eigenvalue weighted by Crippen LogP contribution is -2.18. The Labute approximate surface area is 84.5 Å². The van der Waals surface area contributed by atoms with Crippen LogP contribution in [0, 0.1) is 0 Å². The summed E-state index contributed by atoms with van der Waals surface area (Å²) in [5.74, 6) is 0.762. The van der Waals surface area contributed by atoms with Gasteiger partial charge in [0.1, 0.15) is 0 Å². The lowest BCUT2D eigenvalue weighted by atomic mass is 9.91. The number of fused-ring (bicyclic) bond motifs is 1. The first kappa shape index (κ1) is 8.42. The van der Waals surface area contributed by atoms with Gasteiger partial charge in [-0.05, 0) is 43.7 Å². The zero-order chi connectivity index (χ0) is 9.54. The highest BCUT2D eigenvalue weighted by molar-refractivity contribution is 5.30. The van der Waals surface area contributed by atoms with E-state index in [2.05, 4.69) is 12.1 Å². The Morgan fingerprint density at radius 1 is 1.21 bits per heavy atom. The number of aromatic nitrogens is 1. The van der Waals surface area contributed by atoms with Crippen LogP contribution >= 0.6 is 0 Å². The predicted molar refractivity (Wildman–Crippen MR) is 56.1 cm³/mol. The van der Waals surface area contributed by atoms with E-state index in [1.165, 1.54) is 36.2 Å². The van der Waals surface area contributed by atoms with Crippen molar-refractivity contribution in [2.75, 3.05) is 0 Å². The summed E-state index contributed by atoms with van der Waals surface area (Å²) in [6.07, 6.45) is 6.12. The Morgan fingerprint density at radius 2 is 2.07 bits per heavy atom. The van der Waals surface area contributed by atoms with Crippen molar-refractivity contribution in [3.8, 4) is 0 Å². The molecule has 0 aromatic carbocycles. The van der Waals surface area contributed by atoms with Crippen LogP contribution in [0.15, 0.2) is 12.1 Å². The molecule has 1 saturated carbocycles. The molecular formula is C12H16N2. The first-order valence-electron chi connectivity index (χ1n) is 5.60. The summed E-state index contributed by atoms with van der Waals surface area (Å²) in [7, 11) is 0. The van der Waals surface area contributed by atoms with E-state index < -0.39 is 0 Å². The molecule has 74 valence electrons. The van der Waals surface area contributed by atoms with Gasteiger partial charge in [0.2, 0.25) is 0 Å². The third kappa shape index (κ3) is 1.34. The van der Waals surface area contributed by atoms with Crippen LogP contribution in [0.25, 0.3) is 0 Å². The summed E-state index contributed by atoms with van der Waals surface area (Å²) in [6.45, 7) is 0. The van der Waals surface area contributed by atoms with Crippen LogP contribution in [0.2, 0.25) is 0 Å². The van der Waals surface area contributed by atoms with Crippen LogP contribution in [0.3, 0.4) is 0 Å². The normalized spacial score (nSPS) is 25.9. The number of nitrogens with two attached hydrogens (primary N) is 1. The number of aryl methyl sites for hydroxylation is 1. The summed E-state index contributed by atoms with van der Waals surface area (Å²) in [5.41, 5.74) is 9.92. The van der Waals surface area contributed by atoms with E-state index in [1.807, 2.05) is 0 Å². The van der Waals surface area contributed by atoms with Gasteiger partial charge in [-0.3, -0.25) is 4.98 Å². The fourth-order valence-electron chi connectivity index (χ4n) is 2.32. The van der Waals surface area contributed by atoms with E-state index >= 15 is 0 Å². The van der Waals surface area contributed by atoms with Crippen LogP contribution in [-0.4, -0.2) is 4.98 Å². The van der Waals surface area contributed by atoms with Gasteiger partial charge in [0.15, 0.2) is 0 Å². The molecule has 0 radical (unpaired) electrons. The maximum atomic E-state index is 6.05. The highest BCUT2D eigenvalue weighted by atomic mass is 14.8. The van der Waals surface area contributed by atoms with Gasteiger partial charge < -0.3 is 5.73 Å². The van der Waals surface area contributed by atoms with Crippen LogP contribution in [-0.2, 0) is 6.42 Å². The van der Waals surface area contributed by atoms with Crippen molar-refractivity contribution >= 4 is 0 Å². The van der Waals surface area contributed by atoms with E-state index in [0.29, 0.717) is 0 Å². The minimum absolute atomic E-state index is 0.236. The maximum Gasteiger partial charge on any atom is 0.0454 e. The SMILES string of the molecule is NC1CCCc2nc(C3CC3)ccc21. The van der Waals surface area contributed by atoms with Crippen molar-refractivity contribution in [3.05, 3.63) is 29.1 Å². The van der Waals surface area contributed by atoms with Gasteiger partial charge in [-0.2, -0.15) is 0 Å². The molecule has 1 fully saturated rings. The minimum Gasteiger partial charge on any atom is -0.324 e. The zero-order valence-electron chi connectivity index (χ0n) is 8.37. The van der Waals surface area contributed by atoms with Crippen LogP contribution in [0.1, 0.15) is 54.6 Å². The Kier molecular flexibility index (Phi) is 1.84. The van der Waals surface area contributed by atoms with Gasteiger partial charge in [-0.15, -0.1) is 0 Å². The molecule has 0 amide bonds. The second-order valence-corrected chi connectivity index (χ2v) is 4.55. The predicted octanol–water partition coefficient (Wildman–Crippen LogP) is 2.30. The number of rotatable bonds is 1. The molecule has 3 rings (SSSR count). The summed E-state index contributed by atoms with van der Waals surface area (Å²) < 4.78 is 0. The largest absolute Gasteiger partial charge is 0.324 e. The lowest BCUT2D eigenvalue weighted by Gasteiger charge is -2.21. The minimum atomic E-state index is 0.236. The number of pyridine rings is 1. The van der Waals surface area contributed by atoms with Crippen LogP contribution in [0.5, 0.6) is 0 Å². The Morgan fingerprint density at radius 3 is 2.86 bits per heavy atom. The van der Waals surface area contributed by atoms with Crippen molar-refractivity contribution in [2.24, 2.45) is 5.73 Å². The average Bonchev–Trinajstić information content (AvgIpc) is 3.01. The fourth-order valence-corrected chi connectivity index (χ4v) is 2.32. The number of hydrogen-bond acceptors (Lipinski definition) is 2. The first-order chi connectivity index (χ1) is 6.84. The van der Waals surface area contributed by atoms with Crippen molar-refractivity contribution in [2.45, 2.75) is 44.1 Å². The van der Waals surface area contributed by atoms with Gasteiger partial charge in [0.05, 0.1) is 0 Å². The molecule has 2 nitrogen and oxygen atoms in total. The lowest BCUT2D eigenvalue weighted by molar-refractivity contribution is 0.558.